The van der Waals surface area contributed by atoms with E-state index in [1.54, 1.807) is 0 Å². The van der Waals surface area contributed by atoms with Crippen LogP contribution in [-0.2, 0) is 23.8 Å². The number of aliphatic imine (C=N–C) groups is 1. The molecule has 1 aromatic heterocycles. The Morgan fingerprint density at radius 3 is 2.02 bits per heavy atom. The number of hydrogen-bond donors (Lipinski definition) is 11. The lowest BCUT2D eigenvalue weighted by Crippen LogP contribution is -2.60. The second kappa shape index (κ2) is 29.0. The molecule has 0 saturated carbocycles. The quantitative estimate of drug-likeness (QED) is 0.0246. The van der Waals surface area contributed by atoms with Crippen molar-refractivity contribution in [2.75, 3.05) is 32.7 Å². The van der Waals surface area contributed by atoms with Crippen LogP contribution in [0.5, 0.6) is 0 Å². The predicted molar refractivity (Wildman–Crippen MR) is 229 cm³/mol. The summed E-state index contributed by atoms with van der Waals surface area (Å²) in [5.74, 6) is -0.750. The fourth-order valence-electron chi connectivity index (χ4n) is 7.60. The number of aliphatic hydroxyl groups is 4. The fourth-order valence-corrected chi connectivity index (χ4v) is 7.60. The average Bonchev–Trinajstić information content (AvgIpc) is 3.67. The van der Waals surface area contributed by atoms with Crippen molar-refractivity contribution in [2.24, 2.45) is 22.2 Å². The van der Waals surface area contributed by atoms with Gasteiger partial charge in [-0.1, -0.05) is 90.4 Å². The molecule has 0 aliphatic carbocycles. The summed E-state index contributed by atoms with van der Waals surface area (Å²) in [7, 11) is 0. The smallest absolute Gasteiger partial charge is 0.330 e. The first kappa shape index (κ1) is 51.9. The second-order valence-corrected chi connectivity index (χ2v) is 16.1. The molecule has 0 aromatic carbocycles. The van der Waals surface area contributed by atoms with Crippen molar-refractivity contribution in [3.05, 3.63) is 33.1 Å². The van der Waals surface area contributed by atoms with Gasteiger partial charge in [0.2, 0.25) is 11.8 Å². The Balaban J connectivity index is 1.60. The van der Waals surface area contributed by atoms with E-state index in [4.69, 9.17) is 31.4 Å². The van der Waals surface area contributed by atoms with Crippen molar-refractivity contribution in [3.63, 3.8) is 0 Å². The summed E-state index contributed by atoms with van der Waals surface area (Å²) in [6.07, 6.45) is 6.34. The van der Waals surface area contributed by atoms with Crippen LogP contribution in [0.1, 0.15) is 129 Å². The molecule has 1 aromatic rings. The maximum Gasteiger partial charge on any atom is 0.330 e. The largest absolute Gasteiger partial charge is 0.387 e. The first-order valence-corrected chi connectivity index (χ1v) is 22.4. The first-order chi connectivity index (χ1) is 29.4. The van der Waals surface area contributed by atoms with E-state index in [9.17, 15) is 39.6 Å². The van der Waals surface area contributed by atoms with E-state index in [-0.39, 0.29) is 31.5 Å². The molecular formula is C41H75N9O11. The number of aromatic amines is 1. The molecule has 0 radical (unpaired) electrons. The number of carbonyl (C=O) groups is 2. The molecule has 61 heavy (non-hydrogen) atoms. The number of nitrogens with one attached hydrogen (secondary N) is 4. The maximum absolute atomic E-state index is 14.0. The summed E-state index contributed by atoms with van der Waals surface area (Å²) in [4.78, 5) is 57.0. The number of unbranched alkanes of at least 4 members (excludes halogenated alkanes) is 14. The Bertz CT molecular complexity index is 1540. The molecule has 3 rings (SSSR count). The zero-order chi connectivity index (χ0) is 44.6. The Labute approximate surface area is 358 Å². The van der Waals surface area contributed by atoms with Gasteiger partial charge >= 0.3 is 5.69 Å². The minimum Gasteiger partial charge on any atom is -0.387 e. The highest BCUT2D eigenvalue weighted by atomic mass is 16.7. The summed E-state index contributed by atoms with van der Waals surface area (Å²) in [6, 6.07) is -0.321. The van der Waals surface area contributed by atoms with E-state index in [0.29, 0.717) is 38.8 Å². The van der Waals surface area contributed by atoms with Crippen LogP contribution < -0.4 is 44.4 Å². The Morgan fingerprint density at radius 1 is 0.803 bits per heavy atom. The highest BCUT2D eigenvalue weighted by Gasteiger charge is 2.54. The van der Waals surface area contributed by atoms with Gasteiger partial charge in [0.25, 0.3) is 5.56 Å². The number of H-pyrrole nitrogens is 1. The Morgan fingerprint density at radius 2 is 1.43 bits per heavy atom. The van der Waals surface area contributed by atoms with Crippen molar-refractivity contribution in [1.82, 2.24) is 25.5 Å². The standard InChI is InChI=1S/C41H75N9O11/c1-2-3-4-5-6-7-8-9-10-11-12-13-14-15-19-28(51)45-23-18-24-46-30(37(57)47-21-16-17-22-48-40(43)44)35(61-39-34(56)31(53)27(26-42)59-39)36-32(54)33(55)38(60-36)50-25-20-29(52)49-41(50)58/h20,25,27,30-36,38-39,46,53-56H,2-19,21-24,26,42H2,1H3,(H,45,51)(H,47,57)(H4,43,44,48)(H,49,52,58)/t27-,30+,31-,32+,33-,34-,35+,36+,38-,39+/m1/s1. The molecule has 20 nitrogen and oxygen atoms in total. The summed E-state index contributed by atoms with van der Waals surface area (Å²) in [6.45, 7) is 3.03. The molecule has 2 fully saturated rings. The van der Waals surface area contributed by atoms with Crippen molar-refractivity contribution < 1.29 is 44.2 Å². The van der Waals surface area contributed by atoms with Gasteiger partial charge in [0.1, 0.15) is 48.8 Å². The average molecular weight is 870 g/mol. The van der Waals surface area contributed by atoms with Crippen LogP contribution in [0.15, 0.2) is 26.8 Å². The normalized spacial score (nSPS) is 24.7. The number of rotatable bonds is 32. The van der Waals surface area contributed by atoms with Crippen LogP contribution in [0, 0.1) is 0 Å². The van der Waals surface area contributed by atoms with Gasteiger partial charge < -0.3 is 67.8 Å². The van der Waals surface area contributed by atoms with E-state index >= 15 is 0 Å². The molecule has 350 valence electrons. The Kier molecular flexibility index (Phi) is 24.7. The number of aromatic nitrogens is 2. The SMILES string of the molecule is CCCCCCCCCCCCCCCCC(=O)NCCCN[C@H](C(=O)NCCCCN=C(N)N)[C@H](O[C@@H]1O[C@H](CN)[C@@H](O)[C@H]1O)[C@H]1O[C@@H](n2ccc(=O)[nH]c2=O)[C@H](O)[C@@H]1O. The van der Waals surface area contributed by atoms with Crippen LogP contribution in [0.25, 0.3) is 0 Å². The van der Waals surface area contributed by atoms with Gasteiger partial charge in [-0.15, -0.1) is 0 Å². The topological polar surface area (TPSA) is 324 Å². The predicted octanol–water partition coefficient (Wildman–Crippen LogP) is -0.548. The monoisotopic (exact) mass is 870 g/mol. The summed E-state index contributed by atoms with van der Waals surface area (Å²) in [5, 5.41) is 52.7. The molecule has 2 amide bonds. The van der Waals surface area contributed by atoms with Crippen molar-refractivity contribution in [3.8, 4) is 0 Å². The number of carbonyl (C=O) groups excluding carboxylic acids is 2. The zero-order valence-corrected chi connectivity index (χ0v) is 36.0. The molecule has 0 spiro atoms. The molecule has 3 heterocycles. The van der Waals surface area contributed by atoms with E-state index in [0.717, 1.165) is 36.1 Å². The van der Waals surface area contributed by atoms with E-state index in [2.05, 4.69) is 32.9 Å². The summed E-state index contributed by atoms with van der Waals surface area (Å²) < 4.78 is 18.7. The van der Waals surface area contributed by atoms with Crippen molar-refractivity contribution in [1.29, 1.82) is 0 Å². The fraction of sp³-hybridized carbons (Fsp3) is 0.829. The van der Waals surface area contributed by atoms with E-state index in [1.165, 1.54) is 70.6 Å². The van der Waals surface area contributed by atoms with Crippen LogP contribution in [0.2, 0.25) is 0 Å². The number of amides is 2. The summed E-state index contributed by atoms with van der Waals surface area (Å²) in [5.41, 5.74) is 14.9. The number of aliphatic hydroxyl groups excluding tert-OH is 4. The van der Waals surface area contributed by atoms with E-state index < -0.39 is 78.4 Å². The molecule has 0 bridgehead atoms. The number of nitrogens with two attached hydrogens (primary N) is 3. The molecule has 2 aliphatic rings. The third-order valence-electron chi connectivity index (χ3n) is 11.2. The third kappa shape index (κ3) is 18.0. The van der Waals surface area contributed by atoms with Crippen LogP contribution in [-0.4, -0.2) is 136 Å². The minimum absolute atomic E-state index is 0.0580. The molecule has 10 atom stereocenters. The molecule has 0 unspecified atom stereocenters. The number of nitrogens with zero attached hydrogens (tertiary/aromatic N) is 2. The van der Waals surface area contributed by atoms with Gasteiger partial charge in [0.05, 0.1) is 0 Å². The van der Waals surface area contributed by atoms with Gasteiger partial charge in [-0.25, -0.2) is 4.79 Å². The molecule has 2 aliphatic heterocycles. The molecule has 20 heteroatoms. The molecule has 2 saturated heterocycles. The van der Waals surface area contributed by atoms with Gasteiger partial charge in [0, 0.05) is 44.9 Å². The van der Waals surface area contributed by atoms with Crippen LogP contribution >= 0.6 is 0 Å². The van der Waals surface area contributed by atoms with E-state index in [1.807, 2.05) is 0 Å². The lowest BCUT2D eigenvalue weighted by molar-refractivity contribution is -0.226. The first-order valence-electron chi connectivity index (χ1n) is 22.4. The zero-order valence-electron chi connectivity index (χ0n) is 36.0. The van der Waals surface area contributed by atoms with Gasteiger partial charge in [-0.2, -0.15) is 0 Å². The van der Waals surface area contributed by atoms with Gasteiger partial charge in [0.15, 0.2) is 18.5 Å². The van der Waals surface area contributed by atoms with Crippen molar-refractivity contribution >= 4 is 17.8 Å². The summed E-state index contributed by atoms with van der Waals surface area (Å²) >= 11 is 0. The highest BCUT2D eigenvalue weighted by molar-refractivity contribution is 5.82. The lowest BCUT2D eigenvalue weighted by Gasteiger charge is -2.35. The number of ether oxygens (including phenoxy) is 3. The minimum atomic E-state index is -1.77. The van der Waals surface area contributed by atoms with Gasteiger partial charge in [-0.3, -0.25) is 28.9 Å². The third-order valence-corrected chi connectivity index (χ3v) is 11.2. The lowest BCUT2D eigenvalue weighted by atomic mass is 9.98. The number of hydrogen-bond acceptors (Lipinski definition) is 14. The molecular weight excluding hydrogens is 795 g/mol. The maximum atomic E-state index is 14.0. The Hall–Kier alpha value is -3.47. The van der Waals surface area contributed by atoms with Crippen LogP contribution in [0.3, 0.4) is 0 Å². The highest BCUT2D eigenvalue weighted by Crippen LogP contribution is 2.34. The molecule has 14 N–H and O–H groups in total. The van der Waals surface area contributed by atoms with Crippen LogP contribution in [0.4, 0.5) is 0 Å². The van der Waals surface area contributed by atoms with Gasteiger partial charge in [-0.05, 0) is 32.2 Å². The van der Waals surface area contributed by atoms with Crippen molar-refractivity contribution in [2.45, 2.75) is 184 Å². The number of guanidine groups is 1. The second-order valence-electron chi connectivity index (χ2n) is 16.1.